The van der Waals surface area contributed by atoms with Gasteiger partial charge in [0.2, 0.25) is 5.91 Å². The van der Waals surface area contributed by atoms with Crippen LogP contribution in [0.1, 0.15) is 52.9 Å². The molecule has 2 aliphatic heterocycles. The first kappa shape index (κ1) is 22.0. The summed E-state index contributed by atoms with van der Waals surface area (Å²) in [7, 11) is 0. The minimum absolute atomic E-state index is 0. The van der Waals surface area contributed by atoms with Crippen molar-refractivity contribution in [2.75, 3.05) is 19.7 Å². The number of carbonyl (C=O) groups excluding carboxylic acids is 1. The largest absolute Gasteiger partial charge is 0.378 e. The third-order valence-electron chi connectivity index (χ3n) is 6.41. The summed E-state index contributed by atoms with van der Waals surface area (Å²) < 4.78 is 5.73. The number of halogens is 2. The number of ether oxygens (including phenoxy) is 1. The van der Waals surface area contributed by atoms with Crippen LogP contribution in [0.15, 0.2) is 0 Å². The molecule has 0 aromatic rings. The number of hydrogen-bond donors (Lipinski definition) is 2. The molecule has 0 bridgehead atoms. The molecule has 3 aliphatic rings. The monoisotopic (exact) mass is 381 g/mol. The second-order valence-electron chi connectivity index (χ2n) is 7.81. The van der Waals surface area contributed by atoms with Gasteiger partial charge in [0.1, 0.15) is 5.54 Å². The van der Waals surface area contributed by atoms with Gasteiger partial charge in [-0.05, 0) is 32.7 Å². The molecule has 2 saturated heterocycles. The molecular formula is C17H33Cl2N3O2. The molecule has 0 aromatic heterocycles. The summed E-state index contributed by atoms with van der Waals surface area (Å²) in [5, 5.41) is 3.28. The molecule has 24 heavy (non-hydrogen) atoms. The summed E-state index contributed by atoms with van der Waals surface area (Å²) in [5.41, 5.74) is 5.38. The van der Waals surface area contributed by atoms with Gasteiger partial charge in [0.25, 0.3) is 0 Å². The van der Waals surface area contributed by atoms with Gasteiger partial charge in [0.15, 0.2) is 0 Å². The van der Waals surface area contributed by atoms with E-state index in [-0.39, 0.29) is 48.3 Å². The van der Waals surface area contributed by atoms with Crippen molar-refractivity contribution in [1.82, 2.24) is 10.2 Å². The Morgan fingerprint density at radius 2 is 1.96 bits per heavy atom. The third kappa shape index (κ3) is 3.43. The smallest absolute Gasteiger partial charge is 0.241 e. The van der Waals surface area contributed by atoms with Gasteiger partial charge in [0, 0.05) is 37.1 Å². The molecule has 0 spiro atoms. The van der Waals surface area contributed by atoms with Crippen LogP contribution >= 0.6 is 24.8 Å². The molecule has 142 valence electrons. The van der Waals surface area contributed by atoms with E-state index < -0.39 is 5.54 Å². The predicted octanol–water partition coefficient (Wildman–Crippen LogP) is 2.11. The van der Waals surface area contributed by atoms with Crippen LogP contribution in [0.3, 0.4) is 0 Å². The summed E-state index contributed by atoms with van der Waals surface area (Å²) in [4.78, 5) is 15.4. The standard InChI is InChI=1S/C17H31N3O2.2ClH/c1-4-22-14-11-17(18,16(14,2)3)15(21)19-12-8-10-20-9-6-5-7-13(12)20;;/h12-14H,4-11,18H2,1-3H3,(H,19,21);2*1H. The molecule has 1 amide bonds. The van der Waals surface area contributed by atoms with Crippen molar-refractivity contribution in [2.24, 2.45) is 11.1 Å². The highest BCUT2D eigenvalue weighted by Crippen LogP contribution is 2.50. The van der Waals surface area contributed by atoms with Gasteiger partial charge < -0.3 is 15.8 Å². The number of fused-ring (bicyclic) bond motifs is 1. The molecule has 3 fully saturated rings. The van der Waals surface area contributed by atoms with E-state index in [2.05, 4.69) is 24.1 Å². The van der Waals surface area contributed by atoms with Gasteiger partial charge in [-0.15, -0.1) is 24.8 Å². The summed E-state index contributed by atoms with van der Waals surface area (Å²) in [6.07, 6.45) is 5.54. The molecule has 0 radical (unpaired) electrons. The molecule has 1 saturated carbocycles. The molecule has 2 heterocycles. The van der Waals surface area contributed by atoms with Crippen molar-refractivity contribution in [3.05, 3.63) is 0 Å². The maximum atomic E-state index is 12.8. The van der Waals surface area contributed by atoms with Crippen molar-refractivity contribution >= 4 is 30.7 Å². The highest BCUT2D eigenvalue weighted by Gasteiger charge is 2.63. The van der Waals surface area contributed by atoms with E-state index in [0.29, 0.717) is 19.1 Å². The second kappa shape index (κ2) is 8.09. The summed E-state index contributed by atoms with van der Waals surface area (Å²) in [6.45, 7) is 9.06. The summed E-state index contributed by atoms with van der Waals surface area (Å²) in [6, 6.07) is 0.794. The molecule has 3 rings (SSSR count). The van der Waals surface area contributed by atoms with Gasteiger partial charge >= 0.3 is 0 Å². The van der Waals surface area contributed by atoms with Crippen LogP contribution in [0.5, 0.6) is 0 Å². The predicted molar refractivity (Wildman–Crippen MR) is 101 cm³/mol. The number of nitrogens with one attached hydrogen (secondary N) is 1. The van der Waals surface area contributed by atoms with Crippen molar-refractivity contribution in [3.63, 3.8) is 0 Å². The number of carbonyl (C=O) groups is 1. The SMILES string of the molecule is CCOC1CC(N)(C(=O)NC2CCN3CCCCC23)C1(C)C.Cl.Cl. The first-order valence-electron chi connectivity index (χ1n) is 8.85. The zero-order chi connectivity index (χ0) is 16.0. The average molecular weight is 382 g/mol. The zero-order valence-corrected chi connectivity index (χ0v) is 16.7. The Morgan fingerprint density at radius 1 is 1.25 bits per heavy atom. The maximum Gasteiger partial charge on any atom is 0.241 e. The van der Waals surface area contributed by atoms with Crippen LogP contribution in [0.25, 0.3) is 0 Å². The van der Waals surface area contributed by atoms with E-state index in [9.17, 15) is 4.79 Å². The van der Waals surface area contributed by atoms with E-state index >= 15 is 0 Å². The number of nitrogens with two attached hydrogens (primary N) is 1. The van der Waals surface area contributed by atoms with E-state index in [1.165, 1.54) is 25.8 Å². The lowest BCUT2D eigenvalue weighted by Gasteiger charge is -2.57. The minimum Gasteiger partial charge on any atom is -0.378 e. The van der Waals surface area contributed by atoms with E-state index in [1.807, 2.05) is 6.92 Å². The lowest BCUT2D eigenvalue weighted by molar-refractivity contribution is -0.171. The van der Waals surface area contributed by atoms with Gasteiger partial charge in [-0.2, -0.15) is 0 Å². The van der Waals surface area contributed by atoms with E-state index in [4.69, 9.17) is 10.5 Å². The average Bonchev–Trinajstić information content (AvgIpc) is 2.90. The van der Waals surface area contributed by atoms with Gasteiger partial charge in [-0.25, -0.2) is 0 Å². The Bertz CT molecular complexity index is 450. The second-order valence-corrected chi connectivity index (χ2v) is 7.81. The highest BCUT2D eigenvalue weighted by atomic mass is 35.5. The Kier molecular flexibility index (Phi) is 7.40. The third-order valence-corrected chi connectivity index (χ3v) is 6.41. The summed E-state index contributed by atoms with van der Waals surface area (Å²) >= 11 is 0. The molecule has 0 aromatic carbocycles. The Hall–Kier alpha value is -0.0700. The first-order valence-corrected chi connectivity index (χ1v) is 8.85. The first-order chi connectivity index (χ1) is 10.4. The molecule has 4 unspecified atom stereocenters. The number of rotatable bonds is 4. The van der Waals surface area contributed by atoms with Gasteiger partial charge in [-0.1, -0.05) is 20.3 Å². The van der Waals surface area contributed by atoms with Crippen molar-refractivity contribution in [2.45, 2.75) is 76.6 Å². The number of amides is 1. The fourth-order valence-corrected chi connectivity index (χ4v) is 4.53. The lowest BCUT2D eigenvalue weighted by Crippen LogP contribution is -2.76. The fraction of sp³-hybridized carbons (Fsp3) is 0.941. The topological polar surface area (TPSA) is 67.6 Å². The van der Waals surface area contributed by atoms with E-state index in [0.717, 1.165) is 13.0 Å². The quantitative estimate of drug-likeness (QED) is 0.782. The van der Waals surface area contributed by atoms with Gasteiger partial charge in [0.05, 0.1) is 6.10 Å². The molecule has 7 heteroatoms. The van der Waals surface area contributed by atoms with Crippen LogP contribution in [-0.2, 0) is 9.53 Å². The Morgan fingerprint density at radius 3 is 2.58 bits per heavy atom. The Labute approximate surface area is 158 Å². The van der Waals surface area contributed by atoms with Crippen LogP contribution < -0.4 is 11.1 Å². The van der Waals surface area contributed by atoms with Crippen molar-refractivity contribution in [3.8, 4) is 0 Å². The Balaban J connectivity index is 0.00000144. The molecule has 5 nitrogen and oxygen atoms in total. The van der Waals surface area contributed by atoms with Crippen LogP contribution in [-0.4, -0.2) is 54.2 Å². The van der Waals surface area contributed by atoms with Crippen LogP contribution in [0.2, 0.25) is 0 Å². The molecule has 3 N–H and O–H groups in total. The number of nitrogens with zero attached hydrogens (tertiary/aromatic N) is 1. The van der Waals surface area contributed by atoms with Gasteiger partial charge in [-0.3, -0.25) is 9.69 Å². The fourth-order valence-electron chi connectivity index (χ4n) is 4.53. The zero-order valence-electron chi connectivity index (χ0n) is 15.0. The van der Waals surface area contributed by atoms with E-state index in [1.54, 1.807) is 0 Å². The van der Waals surface area contributed by atoms with Crippen LogP contribution in [0.4, 0.5) is 0 Å². The normalized spacial score (nSPS) is 37.4. The van der Waals surface area contributed by atoms with Crippen LogP contribution in [0, 0.1) is 5.41 Å². The molecular weight excluding hydrogens is 349 g/mol. The summed E-state index contributed by atoms with van der Waals surface area (Å²) in [5.74, 6) is 0.0193. The minimum atomic E-state index is -0.797. The molecule has 4 atom stereocenters. The number of piperidine rings is 1. The van der Waals surface area contributed by atoms with Crippen molar-refractivity contribution in [1.29, 1.82) is 0 Å². The number of hydrogen-bond acceptors (Lipinski definition) is 4. The molecule has 1 aliphatic carbocycles. The lowest BCUT2D eigenvalue weighted by atomic mass is 9.54. The maximum absolute atomic E-state index is 12.8. The highest BCUT2D eigenvalue weighted by molar-refractivity contribution is 5.89. The van der Waals surface area contributed by atoms with Crippen molar-refractivity contribution < 1.29 is 9.53 Å².